The number of hydrogen-bond acceptors (Lipinski definition) is 3. The predicted octanol–water partition coefficient (Wildman–Crippen LogP) is 1.77. The summed E-state index contributed by atoms with van der Waals surface area (Å²) in [6.07, 6.45) is 2.08. The predicted molar refractivity (Wildman–Crippen MR) is 90.1 cm³/mol. The summed E-state index contributed by atoms with van der Waals surface area (Å²) in [5, 5.41) is 5.46. The van der Waals surface area contributed by atoms with Crippen LogP contribution in [-0.2, 0) is 9.59 Å². The number of nitrogens with one attached hydrogen (secondary N) is 2. The summed E-state index contributed by atoms with van der Waals surface area (Å²) < 4.78 is 0. The van der Waals surface area contributed by atoms with Crippen LogP contribution in [0, 0.1) is 13.8 Å². The lowest BCUT2D eigenvalue weighted by atomic mass is 10.1. The molecule has 0 spiro atoms. The Hall–Kier alpha value is -2.04. The van der Waals surface area contributed by atoms with Gasteiger partial charge in [-0.1, -0.05) is 31.5 Å². The summed E-state index contributed by atoms with van der Waals surface area (Å²) in [4.78, 5) is 24.7. The zero-order valence-electron chi connectivity index (χ0n) is 14.0. The topological polar surface area (TPSA) is 61.4 Å². The van der Waals surface area contributed by atoms with Crippen LogP contribution >= 0.6 is 0 Å². The van der Waals surface area contributed by atoms with Gasteiger partial charge in [0.1, 0.15) is 6.04 Å². The van der Waals surface area contributed by atoms with Gasteiger partial charge >= 0.3 is 0 Å². The molecule has 0 heterocycles. The molecule has 5 heteroatoms. The molecule has 0 saturated heterocycles. The lowest BCUT2D eigenvalue weighted by molar-refractivity contribution is -0.125. The number of carbonyl (C=O) groups excluding carboxylic acids is 2. The zero-order chi connectivity index (χ0) is 16.5. The molecule has 122 valence electrons. The molecule has 2 amide bonds. The van der Waals surface area contributed by atoms with E-state index in [1.54, 1.807) is 0 Å². The highest BCUT2D eigenvalue weighted by atomic mass is 16.2. The molecule has 1 aromatic carbocycles. The van der Waals surface area contributed by atoms with Crippen LogP contribution in [0.3, 0.4) is 0 Å². The molecule has 0 aromatic heterocycles. The first-order valence-corrected chi connectivity index (χ1v) is 7.76. The molecule has 1 rings (SSSR count). The van der Waals surface area contributed by atoms with Crippen molar-refractivity contribution in [3.63, 3.8) is 0 Å². The van der Waals surface area contributed by atoms with Gasteiger partial charge in [0, 0.05) is 25.8 Å². The number of anilines is 1. The second-order valence-corrected chi connectivity index (χ2v) is 5.58. The summed E-state index contributed by atoms with van der Waals surface area (Å²) in [6.45, 7) is 7.42. The molecular formula is C17H27N3O2. The number of rotatable bonds is 9. The van der Waals surface area contributed by atoms with Crippen molar-refractivity contribution >= 4 is 18.0 Å². The normalized spacial score (nSPS) is 11.6. The van der Waals surface area contributed by atoms with E-state index in [2.05, 4.69) is 41.5 Å². The van der Waals surface area contributed by atoms with Gasteiger partial charge < -0.3 is 15.5 Å². The van der Waals surface area contributed by atoms with E-state index in [9.17, 15) is 9.59 Å². The summed E-state index contributed by atoms with van der Waals surface area (Å²) in [7, 11) is 2.02. The number of nitrogens with zero attached hydrogens (tertiary/aromatic N) is 1. The molecular weight excluding hydrogens is 278 g/mol. The van der Waals surface area contributed by atoms with E-state index in [1.165, 1.54) is 16.8 Å². The Kier molecular flexibility index (Phi) is 7.43. The maximum atomic E-state index is 12.0. The van der Waals surface area contributed by atoms with E-state index in [0.717, 1.165) is 13.0 Å². The highest BCUT2D eigenvalue weighted by Gasteiger charge is 2.16. The Morgan fingerprint density at radius 2 is 1.95 bits per heavy atom. The van der Waals surface area contributed by atoms with E-state index in [4.69, 9.17) is 0 Å². The van der Waals surface area contributed by atoms with Gasteiger partial charge in [-0.2, -0.15) is 0 Å². The Labute approximate surface area is 133 Å². The number of benzene rings is 1. The maximum Gasteiger partial charge on any atom is 0.242 e. The van der Waals surface area contributed by atoms with Gasteiger partial charge in [-0.05, 0) is 31.4 Å². The molecule has 0 aliphatic rings. The second kappa shape index (κ2) is 9.07. The van der Waals surface area contributed by atoms with Crippen molar-refractivity contribution in [1.29, 1.82) is 0 Å². The first kappa shape index (κ1) is 18.0. The number of hydrogen-bond donors (Lipinski definition) is 2. The summed E-state index contributed by atoms with van der Waals surface area (Å²) in [5.41, 5.74) is 3.65. The molecule has 1 atom stereocenters. The maximum absolute atomic E-state index is 12.0. The van der Waals surface area contributed by atoms with Crippen molar-refractivity contribution in [2.24, 2.45) is 0 Å². The average Bonchev–Trinajstić information content (AvgIpc) is 2.46. The average molecular weight is 305 g/mol. The van der Waals surface area contributed by atoms with Crippen LogP contribution in [0.25, 0.3) is 0 Å². The molecule has 1 unspecified atom stereocenters. The Bertz CT molecular complexity index is 482. The molecule has 22 heavy (non-hydrogen) atoms. The van der Waals surface area contributed by atoms with Crippen molar-refractivity contribution < 1.29 is 9.59 Å². The third-order valence-corrected chi connectivity index (χ3v) is 3.73. The number of carbonyl (C=O) groups is 2. The van der Waals surface area contributed by atoms with Crippen molar-refractivity contribution in [2.45, 2.75) is 39.7 Å². The second-order valence-electron chi connectivity index (χ2n) is 5.58. The third kappa shape index (κ3) is 5.06. The van der Waals surface area contributed by atoms with Gasteiger partial charge in [0.2, 0.25) is 12.3 Å². The molecule has 0 radical (unpaired) electrons. The number of likely N-dealkylation sites (N-methyl/N-ethyl adjacent to an activating group) is 1. The van der Waals surface area contributed by atoms with Gasteiger partial charge in [0.05, 0.1) is 0 Å². The number of para-hydroxylation sites is 1. The third-order valence-electron chi connectivity index (χ3n) is 3.73. The minimum absolute atomic E-state index is 0.121. The Morgan fingerprint density at radius 1 is 1.32 bits per heavy atom. The quantitative estimate of drug-likeness (QED) is 0.684. The van der Waals surface area contributed by atoms with Gasteiger partial charge in [-0.25, -0.2) is 0 Å². The molecule has 5 nitrogen and oxygen atoms in total. The van der Waals surface area contributed by atoms with Gasteiger partial charge in [-0.15, -0.1) is 0 Å². The molecule has 0 aliphatic carbocycles. The molecule has 2 N–H and O–H groups in total. The van der Waals surface area contributed by atoms with Crippen LogP contribution in [0.2, 0.25) is 0 Å². The van der Waals surface area contributed by atoms with Crippen LogP contribution in [0.1, 0.15) is 30.9 Å². The Morgan fingerprint density at radius 3 is 2.50 bits per heavy atom. The first-order valence-electron chi connectivity index (χ1n) is 7.76. The van der Waals surface area contributed by atoms with Gasteiger partial charge in [0.15, 0.2) is 0 Å². The standard InChI is InChI=1S/C17H27N3O2/c1-5-7-15(19-12-21)17(22)18-10-11-20(4)16-13(2)8-6-9-14(16)3/h6,8-9,12,15H,5,7,10-11H2,1-4H3,(H,18,22)(H,19,21). The van der Waals surface area contributed by atoms with Crippen LogP contribution < -0.4 is 15.5 Å². The van der Waals surface area contributed by atoms with E-state index in [-0.39, 0.29) is 5.91 Å². The lowest BCUT2D eigenvalue weighted by Gasteiger charge is -2.24. The van der Waals surface area contributed by atoms with Crippen molar-refractivity contribution in [2.75, 3.05) is 25.0 Å². The highest BCUT2D eigenvalue weighted by Crippen LogP contribution is 2.22. The smallest absolute Gasteiger partial charge is 0.242 e. The molecule has 0 aliphatic heterocycles. The fraction of sp³-hybridized carbons (Fsp3) is 0.529. The fourth-order valence-corrected chi connectivity index (χ4v) is 2.65. The van der Waals surface area contributed by atoms with Crippen LogP contribution in [0.5, 0.6) is 0 Å². The van der Waals surface area contributed by atoms with E-state index >= 15 is 0 Å². The van der Waals surface area contributed by atoms with E-state index in [0.29, 0.717) is 19.4 Å². The molecule has 0 bridgehead atoms. The van der Waals surface area contributed by atoms with Crippen LogP contribution in [0.15, 0.2) is 18.2 Å². The highest BCUT2D eigenvalue weighted by molar-refractivity contribution is 5.83. The van der Waals surface area contributed by atoms with E-state index in [1.807, 2.05) is 20.0 Å². The monoisotopic (exact) mass is 305 g/mol. The van der Waals surface area contributed by atoms with Crippen LogP contribution in [-0.4, -0.2) is 38.5 Å². The SMILES string of the molecule is CCCC(NC=O)C(=O)NCCN(C)c1c(C)cccc1C. The molecule has 1 aromatic rings. The zero-order valence-corrected chi connectivity index (χ0v) is 14.0. The Balaban J connectivity index is 2.52. The first-order chi connectivity index (χ1) is 10.5. The number of aryl methyl sites for hydroxylation is 2. The summed E-state index contributed by atoms with van der Waals surface area (Å²) in [6, 6.07) is 5.78. The van der Waals surface area contributed by atoms with E-state index < -0.39 is 6.04 Å². The lowest BCUT2D eigenvalue weighted by Crippen LogP contribution is -2.45. The van der Waals surface area contributed by atoms with Gasteiger partial charge in [0.25, 0.3) is 0 Å². The van der Waals surface area contributed by atoms with Crippen molar-refractivity contribution in [3.05, 3.63) is 29.3 Å². The van der Waals surface area contributed by atoms with Crippen LogP contribution in [0.4, 0.5) is 5.69 Å². The number of amides is 2. The molecule has 0 saturated carbocycles. The van der Waals surface area contributed by atoms with Crippen molar-refractivity contribution in [3.8, 4) is 0 Å². The van der Waals surface area contributed by atoms with Gasteiger partial charge in [-0.3, -0.25) is 9.59 Å². The summed E-state index contributed by atoms with van der Waals surface area (Å²) >= 11 is 0. The summed E-state index contributed by atoms with van der Waals surface area (Å²) in [5.74, 6) is -0.121. The fourth-order valence-electron chi connectivity index (χ4n) is 2.65. The largest absolute Gasteiger partial charge is 0.372 e. The minimum Gasteiger partial charge on any atom is -0.372 e. The molecule has 0 fully saturated rings. The van der Waals surface area contributed by atoms with Crippen molar-refractivity contribution in [1.82, 2.24) is 10.6 Å². The minimum atomic E-state index is -0.437.